The Morgan fingerprint density at radius 3 is 1.45 bits per heavy atom. The molecule has 4 aromatic carbocycles. The minimum Gasteiger partial charge on any atom is -0.504 e. The van der Waals surface area contributed by atoms with Gasteiger partial charge in [0, 0.05) is 173 Å². The first kappa shape index (κ1) is 110. The van der Waals surface area contributed by atoms with E-state index in [1.165, 1.54) is 118 Å². The van der Waals surface area contributed by atoms with Crippen molar-refractivity contribution in [1.82, 2.24) is 83.8 Å². The number of carbonyl (C=O) groups excluding carboxylic acids is 4. The number of fused-ring (bicyclic) bond motifs is 2. The normalized spacial score (nSPS) is 18.2. The average molecular weight is 2070 g/mol. The Balaban J connectivity index is 0.000000215. The lowest BCUT2D eigenvalue weighted by atomic mass is 9.89. The topological polar surface area (TPSA) is 521 Å². The Bertz CT molecular complexity index is 5790. The smallest absolute Gasteiger partial charge is 0.390 e. The first-order valence-corrected chi connectivity index (χ1v) is 53.6. The van der Waals surface area contributed by atoms with Crippen LogP contribution in [-0.4, -0.2) is 304 Å². The number of hydrogen-bond donors (Lipinski definition) is 12. The van der Waals surface area contributed by atoms with Crippen molar-refractivity contribution in [3.8, 4) is 11.5 Å². The zero-order valence-electron chi connectivity index (χ0n) is 73.7. The second-order valence-corrected chi connectivity index (χ2v) is 43.4. The fourth-order valence-electron chi connectivity index (χ4n) is 13.2. The first-order chi connectivity index (χ1) is 61.9. The number of nitrogens with one attached hydrogen (secondary N) is 8. The second-order valence-electron chi connectivity index (χ2n) is 30.3. The minimum atomic E-state index is -3.89. The van der Waals surface area contributed by atoms with E-state index in [2.05, 4.69) is 161 Å². The quantitative estimate of drug-likeness (QED) is 0.0423. The lowest BCUT2D eigenvalue weighted by Gasteiger charge is -2.23. The number of aromatic hydroxyl groups is 2. The van der Waals surface area contributed by atoms with Gasteiger partial charge in [0.1, 0.15) is 27.3 Å². The van der Waals surface area contributed by atoms with Crippen LogP contribution in [0.3, 0.4) is 0 Å². The molecule has 6 aliphatic rings. The molecule has 0 spiro atoms. The molecule has 0 atom stereocenters. The number of alkyl halides is 1. The first-order valence-electron chi connectivity index (χ1n) is 41.9. The molecule has 50 heteroatoms. The van der Waals surface area contributed by atoms with Crippen LogP contribution in [0.15, 0.2) is 132 Å². The van der Waals surface area contributed by atoms with Crippen molar-refractivity contribution in [3.63, 3.8) is 0 Å². The van der Waals surface area contributed by atoms with Gasteiger partial charge in [-0.05, 0) is 137 Å². The molecule has 0 bridgehead atoms. The molecule has 718 valence electrons. The number of aromatic nitrogens is 4. The molecule has 8 aromatic rings. The van der Waals surface area contributed by atoms with Crippen molar-refractivity contribution in [2.75, 3.05) is 157 Å². The van der Waals surface area contributed by atoms with E-state index < -0.39 is 103 Å². The van der Waals surface area contributed by atoms with Crippen molar-refractivity contribution in [3.05, 3.63) is 194 Å². The summed E-state index contributed by atoms with van der Waals surface area (Å²) in [5, 5.41) is 55.7. The van der Waals surface area contributed by atoms with Crippen LogP contribution in [0.1, 0.15) is 87.6 Å². The molecule has 0 unspecified atom stereocenters. The average Bonchev–Trinajstić information content (AvgIpc) is 1.63. The van der Waals surface area contributed by atoms with Crippen LogP contribution >= 0.6 is 31.9 Å². The second kappa shape index (κ2) is 52.4. The summed E-state index contributed by atoms with van der Waals surface area (Å²) in [4.78, 5) is 69.4. The van der Waals surface area contributed by atoms with E-state index in [0.29, 0.717) is 106 Å². The SMILES string of the molecule is CB(O)N1CCNCCS1(=O)=O.CC(=O)N1CCN(c2nc(C(=O)NCc3ccc(F)cc3)c(O)c3ncccc23)S(=O)(=O)CC1.CC(=O)N1CCNS(=O)(=O)CC1.CCc1cc(CN2CCN(B(C)O)S(=O)(=O)CC2)ccc1C.CCc1ccc(CBr)cc1.O=C(NCc1ccc(F)cc1)c1nc(Br)c2cccnc2c1O.O=S1(=O)CCNCCN1.O=S1(=O)CCNCCN1. The van der Waals surface area contributed by atoms with Gasteiger partial charge in [0.05, 0.1) is 41.1 Å². The molecule has 38 nitrogen and oxygen atoms in total. The number of pyridine rings is 4. The zero-order chi connectivity index (χ0) is 96.4. The third kappa shape index (κ3) is 35.7. The van der Waals surface area contributed by atoms with E-state index in [1.54, 1.807) is 36.4 Å². The highest BCUT2D eigenvalue weighted by atomic mass is 79.9. The summed E-state index contributed by atoms with van der Waals surface area (Å²) in [5.74, 6) is -2.99. The Labute approximate surface area is 782 Å². The predicted molar refractivity (Wildman–Crippen MR) is 508 cm³/mol. The van der Waals surface area contributed by atoms with Gasteiger partial charge in [-0.3, -0.25) is 38.4 Å². The molecule has 131 heavy (non-hydrogen) atoms. The van der Waals surface area contributed by atoms with Gasteiger partial charge in [0.2, 0.25) is 72.0 Å². The van der Waals surface area contributed by atoms with E-state index in [0.717, 1.165) is 51.9 Å². The minimum absolute atomic E-state index is 0.00653. The largest absolute Gasteiger partial charge is 0.504 e. The highest BCUT2D eigenvalue weighted by Gasteiger charge is 2.36. The van der Waals surface area contributed by atoms with Crippen molar-refractivity contribution in [2.45, 2.75) is 86.1 Å². The lowest BCUT2D eigenvalue weighted by Crippen LogP contribution is -2.43. The van der Waals surface area contributed by atoms with E-state index in [4.69, 9.17) is 5.02 Å². The van der Waals surface area contributed by atoms with E-state index in [-0.39, 0.29) is 113 Å². The Morgan fingerprint density at radius 1 is 0.473 bits per heavy atom. The van der Waals surface area contributed by atoms with Crippen LogP contribution < -0.4 is 45.1 Å². The van der Waals surface area contributed by atoms with Gasteiger partial charge in [-0.2, -0.15) is 0 Å². The third-order valence-corrected chi connectivity index (χ3v) is 31.5. The zero-order valence-corrected chi connectivity index (χ0v) is 81.8. The van der Waals surface area contributed by atoms with Gasteiger partial charge >= 0.3 is 14.1 Å². The van der Waals surface area contributed by atoms with Gasteiger partial charge in [-0.1, -0.05) is 96.5 Å². The molecular formula is C81H114B2Br2F2N18O20S6. The van der Waals surface area contributed by atoms with Gasteiger partial charge in [-0.15, -0.1) is 0 Å². The van der Waals surface area contributed by atoms with Crippen LogP contribution in [0.2, 0.25) is 13.6 Å². The molecule has 14 rings (SSSR count). The van der Waals surface area contributed by atoms with Crippen molar-refractivity contribution in [1.29, 1.82) is 0 Å². The number of carbonyl (C=O) groups is 4. The molecule has 0 aliphatic carbocycles. The molecule has 6 aliphatic heterocycles. The molecule has 4 amide bonds. The Kier molecular flexibility index (Phi) is 43.8. The summed E-state index contributed by atoms with van der Waals surface area (Å²) in [6, 6.07) is 33.0. The summed E-state index contributed by atoms with van der Waals surface area (Å²) < 4.78 is 175. The van der Waals surface area contributed by atoms with Gasteiger partial charge < -0.3 is 56.6 Å². The fourth-order valence-corrected chi connectivity index (χ4v) is 21.5. The third-order valence-electron chi connectivity index (χ3n) is 20.6. The number of anilines is 1. The number of hydrogen-bond acceptors (Lipinski definition) is 28. The van der Waals surface area contributed by atoms with Crippen LogP contribution in [0.4, 0.5) is 14.6 Å². The number of rotatable bonds is 14. The number of nitrogens with zero attached hydrogens (tertiary/aromatic N) is 10. The summed E-state index contributed by atoms with van der Waals surface area (Å²) in [6.45, 7) is 20.9. The predicted octanol–water partition coefficient (Wildman–Crippen LogP) is 2.95. The van der Waals surface area contributed by atoms with Crippen molar-refractivity contribution < 1.29 is 98.7 Å². The number of halogens is 4. The summed E-state index contributed by atoms with van der Waals surface area (Å²) in [6.07, 6.45) is 5.06. The highest BCUT2D eigenvalue weighted by molar-refractivity contribution is 9.10. The molecule has 10 heterocycles. The van der Waals surface area contributed by atoms with Crippen LogP contribution in [0.5, 0.6) is 11.5 Å². The molecule has 4 aromatic heterocycles. The van der Waals surface area contributed by atoms with Crippen LogP contribution in [0.25, 0.3) is 21.8 Å². The highest BCUT2D eigenvalue weighted by Crippen LogP contribution is 2.35. The molecule has 12 N–H and O–H groups in total. The number of aryl methyl sites for hydroxylation is 3. The molecule has 6 saturated heterocycles. The van der Waals surface area contributed by atoms with Crippen molar-refractivity contribution in [2.24, 2.45) is 0 Å². The van der Waals surface area contributed by atoms with E-state index in [1.807, 2.05) is 0 Å². The summed E-state index contributed by atoms with van der Waals surface area (Å²) in [7, 11) is -21.4. The summed E-state index contributed by atoms with van der Waals surface area (Å²) >= 11 is 6.67. The maximum Gasteiger partial charge on any atom is 0.390 e. The molecular weight excluding hydrogens is 1960 g/mol. The van der Waals surface area contributed by atoms with Gasteiger partial charge in [-0.25, -0.2) is 91.9 Å². The van der Waals surface area contributed by atoms with Crippen LogP contribution in [0, 0.1) is 18.6 Å². The Hall–Kier alpha value is -8.51. The molecule has 0 radical (unpaired) electrons. The molecule has 0 saturated carbocycles. The van der Waals surface area contributed by atoms with Gasteiger partial charge in [0.15, 0.2) is 28.7 Å². The lowest BCUT2D eigenvalue weighted by molar-refractivity contribution is -0.129. The van der Waals surface area contributed by atoms with Crippen LogP contribution in [-0.2, 0) is 108 Å². The van der Waals surface area contributed by atoms with E-state index in [9.17, 15) is 93.7 Å². The number of amides is 4. The number of benzene rings is 4. The van der Waals surface area contributed by atoms with E-state index >= 15 is 0 Å². The molecule has 6 fully saturated rings. The Morgan fingerprint density at radius 2 is 0.924 bits per heavy atom. The maximum absolute atomic E-state index is 13.1. The summed E-state index contributed by atoms with van der Waals surface area (Å²) in [5.41, 5.74) is 7.74. The maximum atomic E-state index is 13.1. The number of sulfonamides is 6. The monoisotopic (exact) mass is 2070 g/mol. The van der Waals surface area contributed by atoms with Crippen molar-refractivity contribution >= 4 is 157 Å². The fraction of sp³-hybridized carbons (Fsp3) is 0.457. The standard InChI is InChI=1S/C22H22FN5O5S.C16H11BrFN3O2.C15H25BN2O3S.C9H11Br.C6H12N2O3S.C5H13BN2O3S.2C4H10N2O2S/c1-14(29)27-9-10-28(34(32,33)12-11-27)21-17-3-2-8-24-18(17)20(30)19(26-21)22(31)25-13-15-4-6-16(23)7-5-15;17-15-11-2-1-7-19-12(11)14(22)13(21-15)16(23)20-8-9-3-5-10(18)6-4-9;1-4-15-11-14(6-5-13(15)2)12-17-7-8-18(16(3)19)22(20,21)10-9-17;1-2-8-3-5-9(7-10)6-4-8;1-6(9)8-3-2-7-12(10,11)5-4-8;1-6(9)8-4-2-7-3-5-12(8,10)11;2*7-9(8)4-3-5-1-2-6-9/h2-8,30H,9-13H2,1H3,(H,25,31);1-7,22H,8H2,(H,20,23);5-6,11,19H,4,7-10,12H2,1-3H3;3-6H,2,7H2,1H3;7H,2-5H2,1H3;7,9H,2-5H2,1H3;2*5-6H,1-4H2. The van der Waals surface area contributed by atoms with Gasteiger partial charge in [0.25, 0.3) is 11.8 Å².